The van der Waals surface area contributed by atoms with Crippen molar-refractivity contribution in [2.45, 2.75) is 26.3 Å². The van der Waals surface area contributed by atoms with E-state index in [1.54, 1.807) is 0 Å². The highest BCUT2D eigenvalue weighted by atomic mass is 15.3. The van der Waals surface area contributed by atoms with Crippen molar-refractivity contribution in [3.8, 4) is 0 Å². The Morgan fingerprint density at radius 3 is 2.83 bits per heavy atom. The van der Waals surface area contributed by atoms with E-state index < -0.39 is 0 Å². The minimum Gasteiger partial charge on any atom is -0.375 e. The number of anilines is 1. The van der Waals surface area contributed by atoms with Gasteiger partial charge in [-0.2, -0.15) is 5.10 Å². The van der Waals surface area contributed by atoms with Gasteiger partial charge in [0.25, 0.3) is 0 Å². The molecule has 1 aromatic heterocycles. The van der Waals surface area contributed by atoms with Gasteiger partial charge in [0.1, 0.15) is 0 Å². The molecule has 1 unspecified atom stereocenters. The number of benzene rings is 1. The monoisotopic (exact) mass is 241 g/mol. The highest BCUT2D eigenvalue weighted by Crippen LogP contribution is 2.46. The largest absolute Gasteiger partial charge is 0.375 e. The molecule has 2 aromatic rings. The lowest BCUT2D eigenvalue weighted by molar-refractivity contribution is 0.337. The molecule has 94 valence electrons. The molecule has 0 saturated carbocycles. The number of aromatic nitrogens is 2. The van der Waals surface area contributed by atoms with Gasteiger partial charge in [0.05, 0.1) is 17.9 Å². The molecule has 1 aromatic carbocycles. The van der Waals surface area contributed by atoms with E-state index in [0.717, 1.165) is 12.1 Å². The van der Waals surface area contributed by atoms with Crippen molar-refractivity contribution in [1.82, 2.24) is 9.78 Å². The maximum atomic E-state index is 4.22. The van der Waals surface area contributed by atoms with Crippen molar-refractivity contribution in [1.29, 1.82) is 0 Å². The average molecular weight is 241 g/mol. The van der Waals surface area contributed by atoms with Crippen LogP contribution in [0.2, 0.25) is 0 Å². The van der Waals surface area contributed by atoms with Crippen molar-refractivity contribution in [3.05, 3.63) is 47.8 Å². The quantitative estimate of drug-likeness (QED) is 0.875. The van der Waals surface area contributed by atoms with E-state index >= 15 is 0 Å². The summed E-state index contributed by atoms with van der Waals surface area (Å²) < 4.78 is 1.83. The zero-order chi connectivity index (χ0) is 12.8. The standard InChI is InChI=1S/C15H19N3/c1-15(2)8-11-6-4-5-7-13(11)14(15)17-12-9-16-18(3)10-12/h4-7,9-10,14,17H,8H2,1-3H3. The van der Waals surface area contributed by atoms with Gasteiger partial charge in [-0.05, 0) is 23.0 Å². The highest BCUT2D eigenvalue weighted by Gasteiger charge is 2.38. The first-order valence-electron chi connectivity index (χ1n) is 6.39. The van der Waals surface area contributed by atoms with Crippen LogP contribution in [0.4, 0.5) is 5.69 Å². The molecule has 1 atom stereocenters. The van der Waals surface area contributed by atoms with Gasteiger partial charge in [0.15, 0.2) is 0 Å². The van der Waals surface area contributed by atoms with Crippen molar-refractivity contribution in [3.63, 3.8) is 0 Å². The number of fused-ring (bicyclic) bond motifs is 1. The van der Waals surface area contributed by atoms with Crippen LogP contribution in [0.25, 0.3) is 0 Å². The van der Waals surface area contributed by atoms with Crippen LogP contribution in [-0.2, 0) is 13.5 Å². The Kier molecular flexibility index (Phi) is 2.44. The minimum absolute atomic E-state index is 0.236. The third-order valence-corrected chi connectivity index (χ3v) is 3.81. The number of nitrogens with zero attached hydrogens (tertiary/aromatic N) is 2. The summed E-state index contributed by atoms with van der Waals surface area (Å²) in [5.74, 6) is 0. The number of aryl methyl sites for hydroxylation is 1. The second kappa shape index (κ2) is 3.87. The molecule has 18 heavy (non-hydrogen) atoms. The van der Waals surface area contributed by atoms with Gasteiger partial charge in [-0.25, -0.2) is 0 Å². The lowest BCUT2D eigenvalue weighted by atomic mass is 9.85. The van der Waals surface area contributed by atoms with Crippen molar-refractivity contribution < 1.29 is 0 Å². The van der Waals surface area contributed by atoms with Gasteiger partial charge in [0, 0.05) is 13.2 Å². The van der Waals surface area contributed by atoms with Crippen LogP contribution in [0.3, 0.4) is 0 Å². The van der Waals surface area contributed by atoms with Crippen molar-refractivity contribution in [2.75, 3.05) is 5.32 Å². The second-order valence-electron chi connectivity index (χ2n) is 5.84. The van der Waals surface area contributed by atoms with Crippen LogP contribution in [-0.4, -0.2) is 9.78 Å². The van der Waals surface area contributed by atoms with Crippen molar-refractivity contribution >= 4 is 5.69 Å². The third-order valence-electron chi connectivity index (χ3n) is 3.81. The van der Waals surface area contributed by atoms with Gasteiger partial charge in [-0.15, -0.1) is 0 Å². The molecule has 3 nitrogen and oxygen atoms in total. The van der Waals surface area contributed by atoms with Crippen LogP contribution >= 0.6 is 0 Å². The van der Waals surface area contributed by atoms with Crippen molar-refractivity contribution in [2.24, 2.45) is 12.5 Å². The van der Waals surface area contributed by atoms with Gasteiger partial charge in [0.2, 0.25) is 0 Å². The van der Waals surface area contributed by atoms with Gasteiger partial charge in [-0.3, -0.25) is 4.68 Å². The summed E-state index contributed by atoms with van der Waals surface area (Å²) >= 11 is 0. The van der Waals surface area contributed by atoms with E-state index in [9.17, 15) is 0 Å². The Balaban J connectivity index is 1.95. The minimum atomic E-state index is 0.236. The van der Waals surface area contributed by atoms with E-state index in [1.807, 2.05) is 24.1 Å². The van der Waals surface area contributed by atoms with Gasteiger partial charge < -0.3 is 5.32 Å². The predicted molar refractivity (Wildman–Crippen MR) is 73.5 cm³/mol. The van der Waals surface area contributed by atoms with Crippen LogP contribution in [0, 0.1) is 5.41 Å². The molecular weight excluding hydrogens is 222 g/mol. The topological polar surface area (TPSA) is 29.9 Å². The zero-order valence-electron chi connectivity index (χ0n) is 11.1. The third kappa shape index (κ3) is 1.80. The number of hydrogen-bond donors (Lipinski definition) is 1. The molecule has 0 fully saturated rings. The molecule has 0 spiro atoms. The first-order valence-corrected chi connectivity index (χ1v) is 6.39. The predicted octanol–water partition coefficient (Wildman–Crippen LogP) is 3.16. The Bertz CT molecular complexity index is 569. The van der Waals surface area contributed by atoms with Crippen LogP contribution in [0.5, 0.6) is 0 Å². The lowest BCUT2D eigenvalue weighted by Gasteiger charge is -2.28. The fourth-order valence-corrected chi connectivity index (χ4v) is 2.93. The Labute approximate surface area is 108 Å². The SMILES string of the molecule is Cn1cc(NC2c3ccccc3CC2(C)C)cn1. The van der Waals surface area contributed by atoms with E-state index in [0.29, 0.717) is 6.04 Å². The maximum absolute atomic E-state index is 4.22. The van der Waals surface area contributed by atoms with Crippen LogP contribution in [0.15, 0.2) is 36.7 Å². The summed E-state index contributed by atoms with van der Waals surface area (Å²) in [6.45, 7) is 4.64. The van der Waals surface area contributed by atoms with Gasteiger partial charge >= 0.3 is 0 Å². The highest BCUT2D eigenvalue weighted by molar-refractivity contribution is 5.47. The summed E-state index contributed by atoms with van der Waals surface area (Å²) in [7, 11) is 1.94. The van der Waals surface area contributed by atoms with Crippen LogP contribution < -0.4 is 5.32 Å². The fraction of sp³-hybridized carbons (Fsp3) is 0.400. The fourth-order valence-electron chi connectivity index (χ4n) is 2.93. The first-order chi connectivity index (χ1) is 8.56. The molecule has 0 saturated heterocycles. The molecule has 0 amide bonds. The van der Waals surface area contributed by atoms with Gasteiger partial charge in [-0.1, -0.05) is 38.1 Å². The Hall–Kier alpha value is -1.77. The summed E-state index contributed by atoms with van der Waals surface area (Å²) in [5, 5.41) is 7.84. The number of nitrogens with one attached hydrogen (secondary N) is 1. The summed E-state index contributed by atoms with van der Waals surface area (Å²) in [6.07, 6.45) is 5.04. The summed E-state index contributed by atoms with van der Waals surface area (Å²) in [4.78, 5) is 0. The molecule has 3 rings (SSSR count). The maximum Gasteiger partial charge on any atom is 0.0731 e. The molecular formula is C15H19N3. The molecule has 0 aliphatic heterocycles. The lowest BCUT2D eigenvalue weighted by Crippen LogP contribution is -2.24. The average Bonchev–Trinajstić information content (AvgIpc) is 2.82. The summed E-state index contributed by atoms with van der Waals surface area (Å²) in [6, 6.07) is 9.08. The Morgan fingerprint density at radius 2 is 2.11 bits per heavy atom. The first kappa shape index (κ1) is 11.3. The van der Waals surface area contributed by atoms with E-state index in [2.05, 4.69) is 48.5 Å². The number of rotatable bonds is 2. The van der Waals surface area contributed by atoms with E-state index in [4.69, 9.17) is 0 Å². The molecule has 1 aliphatic carbocycles. The van der Waals surface area contributed by atoms with E-state index in [-0.39, 0.29) is 5.41 Å². The second-order valence-corrected chi connectivity index (χ2v) is 5.84. The Morgan fingerprint density at radius 1 is 1.33 bits per heavy atom. The zero-order valence-corrected chi connectivity index (χ0v) is 11.1. The van der Waals surface area contributed by atoms with Crippen LogP contribution in [0.1, 0.15) is 31.0 Å². The smallest absolute Gasteiger partial charge is 0.0731 e. The summed E-state index contributed by atoms with van der Waals surface area (Å²) in [5.41, 5.74) is 4.21. The molecule has 0 bridgehead atoms. The molecule has 3 heteroatoms. The molecule has 1 heterocycles. The molecule has 1 aliphatic rings. The normalized spacial score (nSPS) is 20.7. The molecule has 1 N–H and O–H groups in total. The molecule has 0 radical (unpaired) electrons. The van der Waals surface area contributed by atoms with E-state index in [1.165, 1.54) is 11.1 Å². The number of hydrogen-bond acceptors (Lipinski definition) is 2.